The lowest BCUT2D eigenvalue weighted by atomic mass is 10.3. The molecule has 2 aliphatic rings. The third-order valence-corrected chi connectivity index (χ3v) is 5.13. The normalized spacial score (nSPS) is 15.8. The van der Waals surface area contributed by atoms with Crippen molar-refractivity contribution in [2.24, 2.45) is 8.73 Å². The number of thiophene rings is 2. The molecule has 0 saturated heterocycles. The van der Waals surface area contributed by atoms with Crippen molar-refractivity contribution in [1.82, 2.24) is 0 Å². The molecule has 2 aromatic rings. The smallest absolute Gasteiger partial charge is 0.180 e. The highest BCUT2D eigenvalue weighted by Crippen LogP contribution is 2.53. The summed E-state index contributed by atoms with van der Waals surface area (Å²) in [7, 11) is 0. The zero-order chi connectivity index (χ0) is 11.2. The summed E-state index contributed by atoms with van der Waals surface area (Å²) >= 11 is 4.54. The molecule has 0 unspecified atom stereocenters. The topological polar surface area (TPSA) is 43.2 Å². The van der Waals surface area contributed by atoms with Gasteiger partial charge in [-0.15, -0.1) is 22.7 Å². The van der Waals surface area contributed by atoms with Crippen LogP contribution in [0.1, 0.15) is 0 Å². The molecule has 4 heterocycles. The summed E-state index contributed by atoms with van der Waals surface area (Å²) in [5, 5.41) is 4.03. The number of ether oxygens (including phenoxy) is 2. The average Bonchev–Trinajstić information content (AvgIpc) is 3.02. The van der Waals surface area contributed by atoms with Gasteiger partial charge in [-0.25, -0.2) is 0 Å². The highest BCUT2D eigenvalue weighted by Gasteiger charge is 2.24. The lowest BCUT2D eigenvalue weighted by Crippen LogP contribution is -2.14. The van der Waals surface area contributed by atoms with Gasteiger partial charge in [0.15, 0.2) is 11.5 Å². The van der Waals surface area contributed by atoms with Crippen molar-refractivity contribution in [2.45, 2.75) is 0 Å². The fourth-order valence-electron chi connectivity index (χ4n) is 1.78. The highest BCUT2D eigenvalue weighted by atomic mass is 32.1. The Kier molecular flexibility index (Phi) is 2.11. The molecule has 0 bridgehead atoms. The Labute approximate surface area is 109 Å². The molecule has 7 heteroatoms. The minimum atomic E-state index is 0.612. The SMILES string of the molecule is c1sc(-c2scc3c2OCCO3)c2c1N=S=N2. The maximum absolute atomic E-state index is 5.69. The Bertz CT molecular complexity index is 667. The van der Waals surface area contributed by atoms with Gasteiger partial charge in [-0.2, -0.15) is 8.73 Å². The van der Waals surface area contributed by atoms with Crippen LogP contribution in [0.5, 0.6) is 11.5 Å². The molecule has 0 aromatic carbocycles. The summed E-state index contributed by atoms with van der Waals surface area (Å²) in [4.78, 5) is 2.23. The van der Waals surface area contributed by atoms with Gasteiger partial charge in [0.25, 0.3) is 0 Å². The van der Waals surface area contributed by atoms with Gasteiger partial charge in [0, 0.05) is 10.8 Å². The van der Waals surface area contributed by atoms with Crippen LogP contribution in [0.2, 0.25) is 0 Å². The van der Waals surface area contributed by atoms with E-state index in [9.17, 15) is 0 Å². The molecular formula is C10H6N2O2S3. The van der Waals surface area contributed by atoms with Gasteiger partial charge in [-0.05, 0) is 0 Å². The van der Waals surface area contributed by atoms with Crippen molar-refractivity contribution in [3.63, 3.8) is 0 Å². The summed E-state index contributed by atoms with van der Waals surface area (Å²) < 4.78 is 19.8. The van der Waals surface area contributed by atoms with Crippen LogP contribution >= 0.6 is 22.7 Å². The highest BCUT2D eigenvalue weighted by molar-refractivity contribution is 7.58. The molecule has 2 aliphatic heterocycles. The first-order valence-corrected chi connectivity index (χ1v) is 7.49. The van der Waals surface area contributed by atoms with Crippen molar-refractivity contribution in [1.29, 1.82) is 0 Å². The Hall–Kier alpha value is -1.18. The molecule has 0 atom stereocenters. The Morgan fingerprint density at radius 3 is 2.88 bits per heavy atom. The van der Waals surface area contributed by atoms with Crippen molar-refractivity contribution >= 4 is 45.4 Å². The lowest BCUT2D eigenvalue weighted by molar-refractivity contribution is 0.174. The van der Waals surface area contributed by atoms with E-state index in [2.05, 4.69) is 8.73 Å². The predicted molar refractivity (Wildman–Crippen MR) is 70.2 cm³/mol. The first-order valence-electron chi connectivity index (χ1n) is 5.00. The predicted octanol–water partition coefficient (Wildman–Crippen LogP) is 3.97. The minimum Gasteiger partial charge on any atom is -0.485 e. The fourth-order valence-corrected chi connectivity index (χ4v) is 4.45. The second-order valence-electron chi connectivity index (χ2n) is 3.52. The lowest BCUT2D eigenvalue weighted by Gasteiger charge is -2.15. The van der Waals surface area contributed by atoms with Gasteiger partial charge >= 0.3 is 0 Å². The van der Waals surface area contributed by atoms with Crippen LogP contribution in [-0.2, 0) is 11.4 Å². The van der Waals surface area contributed by atoms with Crippen LogP contribution in [0.4, 0.5) is 11.4 Å². The van der Waals surface area contributed by atoms with Crippen molar-refractivity contribution in [3.05, 3.63) is 10.8 Å². The van der Waals surface area contributed by atoms with Gasteiger partial charge in [-0.3, -0.25) is 0 Å². The van der Waals surface area contributed by atoms with E-state index < -0.39 is 0 Å². The molecule has 0 spiro atoms. The molecule has 0 radical (unpaired) electrons. The quantitative estimate of drug-likeness (QED) is 0.677. The standard InChI is InChI=1S/C10H6N2O2S3/c1-2-14-8-6(13-1)4-16-10(8)9-7-5(3-15-9)11-17-12-7/h3-4H,1-2H2. The number of fused-ring (bicyclic) bond motifs is 2. The van der Waals surface area contributed by atoms with Crippen LogP contribution in [0.15, 0.2) is 19.5 Å². The molecule has 0 saturated carbocycles. The molecule has 0 fully saturated rings. The first-order chi connectivity index (χ1) is 8.43. The summed E-state index contributed by atoms with van der Waals surface area (Å²) in [6.07, 6.45) is 0. The molecular weight excluding hydrogens is 276 g/mol. The molecule has 86 valence electrons. The second kappa shape index (κ2) is 3.66. The first kappa shape index (κ1) is 9.81. The summed E-state index contributed by atoms with van der Waals surface area (Å²) in [5.41, 5.74) is 1.94. The van der Waals surface area contributed by atoms with Crippen molar-refractivity contribution in [3.8, 4) is 21.3 Å². The average molecular weight is 282 g/mol. The number of hydrogen-bond donors (Lipinski definition) is 0. The van der Waals surface area contributed by atoms with Crippen molar-refractivity contribution < 1.29 is 9.47 Å². The van der Waals surface area contributed by atoms with Crippen LogP contribution in [0.25, 0.3) is 9.75 Å². The molecule has 2 aromatic heterocycles. The Morgan fingerprint density at radius 2 is 1.88 bits per heavy atom. The number of nitrogens with zero attached hydrogens (tertiary/aromatic N) is 2. The van der Waals surface area contributed by atoms with Crippen LogP contribution in [0.3, 0.4) is 0 Å². The zero-order valence-corrected chi connectivity index (χ0v) is 11.0. The van der Waals surface area contributed by atoms with E-state index in [1.54, 1.807) is 22.7 Å². The number of hydrogen-bond acceptors (Lipinski definition) is 6. The Balaban J connectivity index is 1.89. The third kappa shape index (κ3) is 1.39. The molecule has 4 rings (SSSR count). The maximum Gasteiger partial charge on any atom is 0.180 e. The van der Waals surface area contributed by atoms with E-state index in [-0.39, 0.29) is 0 Å². The third-order valence-electron chi connectivity index (χ3n) is 2.52. The van der Waals surface area contributed by atoms with E-state index >= 15 is 0 Å². The van der Waals surface area contributed by atoms with Gasteiger partial charge in [0.1, 0.15) is 24.6 Å². The number of rotatable bonds is 1. The van der Waals surface area contributed by atoms with E-state index in [1.165, 1.54) is 11.4 Å². The molecule has 4 nitrogen and oxygen atoms in total. The Morgan fingerprint density at radius 1 is 1.00 bits per heavy atom. The monoisotopic (exact) mass is 282 g/mol. The molecule has 17 heavy (non-hydrogen) atoms. The van der Waals surface area contributed by atoms with Crippen molar-refractivity contribution in [2.75, 3.05) is 13.2 Å². The van der Waals surface area contributed by atoms with Gasteiger partial charge in [-0.1, -0.05) is 0 Å². The van der Waals surface area contributed by atoms with Crippen LogP contribution < -0.4 is 9.47 Å². The molecule has 0 N–H and O–H groups in total. The van der Waals surface area contributed by atoms with E-state index in [0.717, 1.165) is 32.6 Å². The van der Waals surface area contributed by atoms with Gasteiger partial charge < -0.3 is 9.47 Å². The molecule has 0 amide bonds. The van der Waals surface area contributed by atoms with Gasteiger partial charge in [0.2, 0.25) is 0 Å². The van der Waals surface area contributed by atoms with Crippen LogP contribution in [-0.4, -0.2) is 13.2 Å². The zero-order valence-electron chi connectivity index (χ0n) is 8.50. The van der Waals surface area contributed by atoms with Gasteiger partial charge in [0.05, 0.1) is 21.1 Å². The van der Waals surface area contributed by atoms with Crippen LogP contribution in [0, 0.1) is 0 Å². The molecule has 0 aliphatic carbocycles. The second-order valence-corrected chi connectivity index (χ2v) is 5.81. The fraction of sp³-hybridized carbons (Fsp3) is 0.200. The van der Waals surface area contributed by atoms with E-state index in [4.69, 9.17) is 9.47 Å². The largest absolute Gasteiger partial charge is 0.485 e. The summed E-state index contributed by atoms with van der Waals surface area (Å²) in [6.45, 7) is 1.24. The summed E-state index contributed by atoms with van der Waals surface area (Å²) in [6, 6.07) is 0. The minimum absolute atomic E-state index is 0.612. The summed E-state index contributed by atoms with van der Waals surface area (Å²) in [5.74, 6) is 1.71. The van der Waals surface area contributed by atoms with E-state index in [1.807, 2.05) is 10.8 Å². The maximum atomic E-state index is 5.69. The van der Waals surface area contributed by atoms with E-state index in [0.29, 0.717) is 13.2 Å².